The molecule has 0 saturated carbocycles. The van der Waals surface area contributed by atoms with Crippen molar-refractivity contribution >= 4 is 11.9 Å². The lowest BCUT2D eigenvalue weighted by Crippen LogP contribution is -2.63. The van der Waals surface area contributed by atoms with Gasteiger partial charge in [-0.3, -0.25) is 9.59 Å². The standard InChI is InChI=1S/C14H15NO3/c1-13-7-14(2,12(17)18)10(15-11(13)16)8-5-3-4-6-9(8)13/h3-6,10H,7H2,1-2H3,(H,15,16)(H,17,18). The zero-order chi connectivity index (χ0) is 13.1. The zero-order valence-corrected chi connectivity index (χ0v) is 10.4. The molecule has 1 amide bonds. The van der Waals surface area contributed by atoms with E-state index in [1.807, 2.05) is 31.2 Å². The van der Waals surface area contributed by atoms with E-state index >= 15 is 0 Å². The van der Waals surface area contributed by atoms with Crippen LogP contribution < -0.4 is 5.32 Å². The van der Waals surface area contributed by atoms with Crippen LogP contribution >= 0.6 is 0 Å². The van der Waals surface area contributed by atoms with E-state index in [0.717, 1.165) is 11.1 Å². The molecule has 0 aromatic heterocycles. The molecule has 2 N–H and O–H groups in total. The quantitative estimate of drug-likeness (QED) is 0.790. The van der Waals surface area contributed by atoms with Gasteiger partial charge in [0.15, 0.2) is 0 Å². The molecule has 3 unspecified atom stereocenters. The molecule has 2 heterocycles. The van der Waals surface area contributed by atoms with Gasteiger partial charge in [0.2, 0.25) is 5.91 Å². The molecule has 0 spiro atoms. The van der Waals surface area contributed by atoms with E-state index in [9.17, 15) is 14.7 Å². The third-order valence-electron chi connectivity index (χ3n) is 4.49. The number of fused-ring (bicyclic) bond motifs is 2. The van der Waals surface area contributed by atoms with Crippen LogP contribution in [0.1, 0.15) is 37.4 Å². The van der Waals surface area contributed by atoms with Crippen molar-refractivity contribution in [3.63, 3.8) is 0 Å². The Labute approximate surface area is 105 Å². The minimum Gasteiger partial charge on any atom is -0.481 e. The maximum absolute atomic E-state index is 12.1. The fraction of sp³-hybridized carbons (Fsp3) is 0.429. The van der Waals surface area contributed by atoms with Crippen molar-refractivity contribution in [1.29, 1.82) is 0 Å². The van der Waals surface area contributed by atoms with Crippen molar-refractivity contribution in [2.24, 2.45) is 5.41 Å². The molecule has 1 aromatic rings. The van der Waals surface area contributed by atoms with Gasteiger partial charge in [-0.1, -0.05) is 24.3 Å². The molecule has 2 aliphatic heterocycles. The van der Waals surface area contributed by atoms with Crippen LogP contribution in [0, 0.1) is 5.41 Å². The first-order valence-corrected chi connectivity index (χ1v) is 6.03. The second-order valence-electron chi connectivity index (χ2n) is 5.73. The molecule has 94 valence electrons. The molecule has 1 aromatic carbocycles. The highest BCUT2D eigenvalue weighted by atomic mass is 16.4. The smallest absolute Gasteiger partial charge is 0.311 e. The highest BCUT2D eigenvalue weighted by Crippen LogP contribution is 2.55. The minimum atomic E-state index is -0.934. The summed E-state index contributed by atoms with van der Waals surface area (Å²) in [7, 11) is 0. The average molecular weight is 245 g/mol. The Morgan fingerprint density at radius 2 is 2.06 bits per heavy atom. The summed E-state index contributed by atoms with van der Waals surface area (Å²) in [6, 6.07) is 7.20. The Hall–Kier alpha value is -1.84. The van der Waals surface area contributed by atoms with Gasteiger partial charge >= 0.3 is 5.97 Å². The van der Waals surface area contributed by atoms with Crippen molar-refractivity contribution < 1.29 is 14.7 Å². The fourth-order valence-corrected chi connectivity index (χ4v) is 3.46. The number of carboxylic acid groups (broad SMARTS) is 1. The highest BCUT2D eigenvalue weighted by molar-refractivity contribution is 5.95. The summed E-state index contributed by atoms with van der Waals surface area (Å²) in [5.74, 6) is -0.918. The number of nitrogens with one attached hydrogen (secondary N) is 1. The van der Waals surface area contributed by atoms with Crippen molar-refractivity contribution in [2.45, 2.75) is 31.7 Å². The van der Waals surface area contributed by atoms with Crippen LogP contribution in [0.15, 0.2) is 24.3 Å². The summed E-state index contributed by atoms with van der Waals surface area (Å²) < 4.78 is 0. The van der Waals surface area contributed by atoms with Crippen LogP contribution in [0.5, 0.6) is 0 Å². The second-order valence-corrected chi connectivity index (χ2v) is 5.73. The zero-order valence-electron chi connectivity index (χ0n) is 10.4. The van der Waals surface area contributed by atoms with Gasteiger partial charge in [-0.15, -0.1) is 0 Å². The molecule has 3 atom stereocenters. The maximum Gasteiger partial charge on any atom is 0.311 e. The number of rotatable bonds is 1. The molecule has 1 saturated heterocycles. The third-order valence-corrected chi connectivity index (χ3v) is 4.49. The largest absolute Gasteiger partial charge is 0.481 e. The lowest BCUT2D eigenvalue weighted by molar-refractivity contribution is -0.158. The number of aliphatic carboxylic acids is 1. The van der Waals surface area contributed by atoms with E-state index in [1.165, 1.54) is 0 Å². The monoisotopic (exact) mass is 245 g/mol. The molecule has 4 rings (SSSR count). The molecule has 18 heavy (non-hydrogen) atoms. The summed E-state index contributed by atoms with van der Waals surface area (Å²) in [4.78, 5) is 23.7. The van der Waals surface area contributed by atoms with Gasteiger partial charge in [0.05, 0.1) is 16.9 Å². The number of hydrogen-bond acceptors (Lipinski definition) is 2. The Balaban J connectivity index is 2.28. The lowest BCUT2D eigenvalue weighted by Gasteiger charge is -2.53. The molecule has 2 bridgehead atoms. The molecule has 4 heteroatoms. The van der Waals surface area contributed by atoms with E-state index in [1.54, 1.807) is 6.92 Å². The summed E-state index contributed by atoms with van der Waals surface area (Å²) in [6.07, 6.45) is 0.350. The van der Waals surface area contributed by atoms with Crippen molar-refractivity contribution in [2.75, 3.05) is 0 Å². The summed E-state index contributed by atoms with van der Waals surface area (Å²) in [5, 5.41) is 12.4. The summed E-state index contributed by atoms with van der Waals surface area (Å²) in [6.45, 7) is 3.55. The van der Waals surface area contributed by atoms with Crippen molar-refractivity contribution in [1.82, 2.24) is 5.32 Å². The molecule has 4 nitrogen and oxygen atoms in total. The first-order chi connectivity index (χ1) is 8.39. The van der Waals surface area contributed by atoms with E-state index in [2.05, 4.69) is 5.32 Å². The lowest BCUT2D eigenvalue weighted by atomic mass is 9.55. The number of carboxylic acids is 1. The minimum absolute atomic E-state index is 0.0649. The van der Waals surface area contributed by atoms with Gasteiger partial charge in [0, 0.05) is 0 Å². The van der Waals surface area contributed by atoms with E-state index in [0.29, 0.717) is 6.42 Å². The van der Waals surface area contributed by atoms with Crippen molar-refractivity contribution in [3.8, 4) is 0 Å². The molecular formula is C14H15NO3. The van der Waals surface area contributed by atoms with Crippen LogP contribution in [0.3, 0.4) is 0 Å². The third kappa shape index (κ3) is 1.10. The number of hydrogen-bond donors (Lipinski definition) is 2. The molecular weight excluding hydrogens is 230 g/mol. The Morgan fingerprint density at radius 1 is 1.39 bits per heavy atom. The Bertz CT molecular complexity index is 568. The first kappa shape index (κ1) is 11.3. The first-order valence-electron chi connectivity index (χ1n) is 6.03. The van der Waals surface area contributed by atoms with Crippen LogP contribution in [0.2, 0.25) is 0 Å². The summed E-state index contributed by atoms with van der Waals surface area (Å²) >= 11 is 0. The van der Waals surface area contributed by atoms with Gasteiger partial charge in [-0.25, -0.2) is 0 Å². The number of piperidine rings is 1. The predicted octanol–water partition coefficient (Wildman–Crippen LogP) is 1.61. The van der Waals surface area contributed by atoms with Crippen LogP contribution in [0.4, 0.5) is 0 Å². The number of benzene rings is 1. The Kier molecular flexibility index (Phi) is 1.96. The topological polar surface area (TPSA) is 66.4 Å². The van der Waals surface area contributed by atoms with Crippen molar-refractivity contribution in [3.05, 3.63) is 35.4 Å². The highest BCUT2D eigenvalue weighted by Gasteiger charge is 2.60. The average Bonchev–Trinajstić information content (AvgIpc) is 2.32. The van der Waals surface area contributed by atoms with Gasteiger partial charge in [0.25, 0.3) is 0 Å². The van der Waals surface area contributed by atoms with Crippen LogP contribution in [0.25, 0.3) is 0 Å². The molecule has 1 fully saturated rings. The molecule has 1 aliphatic carbocycles. The van der Waals surface area contributed by atoms with E-state index < -0.39 is 22.8 Å². The predicted molar refractivity (Wildman–Crippen MR) is 65.0 cm³/mol. The fourth-order valence-electron chi connectivity index (χ4n) is 3.46. The van der Waals surface area contributed by atoms with Gasteiger partial charge in [-0.05, 0) is 31.4 Å². The molecule has 3 aliphatic rings. The van der Waals surface area contributed by atoms with Gasteiger partial charge < -0.3 is 10.4 Å². The van der Waals surface area contributed by atoms with E-state index in [4.69, 9.17) is 0 Å². The number of amides is 1. The van der Waals surface area contributed by atoms with Crippen LogP contribution in [-0.2, 0) is 15.0 Å². The van der Waals surface area contributed by atoms with Crippen LogP contribution in [-0.4, -0.2) is 17.0 Å². The number of carbonyl (C=O) groups excluding carboxylic acids is 1. The Morgan fingerprint density at radius 3 is 2.72 bits per heavy atom. The van der Waals surface area contributed by atoms with Gasteiger partial charge in [0.1, 0.15) is 0 Å². The SMILES string of the molecule is CC12CC(C)(C(=O)O)C(NC1=O)c1ccccc12. The normalized spacial score (nSPS) is 37.0. The number of carbonyl (C=O) groups is 2. The second kappa shape index (κ2) is 3.13. The van der Waals surface area contributed by atoms with E-state index in [-0.39, 0.29) is 5.91 Å². The summed E-state index contributed by atoms with van der Waals surface area (Å²) in [5.41, 5.74) is 0.239. The molecule has 0 radical (unpaired) electrons. The maximum atomic E-state index is 12.1. The van der Waals surface area contributed by atoms with Gasteiger partial charge in [-0.2, -0.15) is 0 Å².